The van der Waals surface area contributed by atoms with Gasteiger partial charge in [0.1, 0.15) is 5.82 Å². The van der Waals surface area contributed by atoms with E-state index in [1.165, 1.54) is 6.07 Å². The quantitative estimate of drug-likeness (QED) is 0.703. The normalized spacial score (nSPS) is 15.4. The standard InChI is InChI=1S/C12H13FN2/c1-9-6-12(15-4-2-3-5-15)11(13)7-10(9)8-14/h6-7H,2-5H2,1H3. The van der Waals surface area contributed by atoms with Gasteiger partial charge in [0, 0.05) is 13.1 Å². The van der Waals surface area contributed by atoms with Crippen LogP contribution < -0.4 is 4.90 Å². The maximum absolute atomic E-state index is 13.7. The van der Waals surface area contributed by atoms with E-state index < -0.39 is 0 Å². The predicted octanol–water partition coefficient (Wildman–Crippen LogP) is 2.61. The number of nitriles is 1. The molecule has 0 atom stereocenters. The summed E-state index contributed by atoms with van der Waals surface area (Å²) in [7, 11) is 0. The number of benzene rings is 1. The van der Waals surface area contributed by atoms with Crippen molar-refractivity contribution in [3.05, 3.63) is 29.1 Å². The summed E-state index contributed by atoms with van der Waals surface area (Å²) in [6.07, 6.45) is 2.25. The molecule has 1 fully saturated rings. The van der Waals surface area contributed by atoms with E-state index in [1.807, 2.05) is 17.9 Å². The van der Waals surface area contributed by atoms with E-state index in [9.17, 15) is 4.39 Å². The van der Waals surface area contributed by atoms with Gasteiger partial charge in [-0.1, -0.05) is 0 Å². The molecule has 1 heterocycles. The van der Waals surface area contributed by atoms with Gasteiger partial charge in [-0.15, -0.1) is 0 Å². The van der Waals surface area contributed by atoms with E-state index >= 15 is 0 Å². The van der Waals surface area contributed by atoms with Crippen molar-refractivity contribution in [3.63, 3.8) is 0 Å². The van der Waals surface area contributed by atoms with Crippen LogP contribution in [-0.2, 0) is 0 Å². The largest absolute Gasteiger partial charge is 0.369 e. The molecule has 1 aliphatic heterocycles. The minimum absolute atomic E-state index is 0.279. The van der Waals surface area contributed by atoms with Crippen molar-refractivity contribution in [3.8, 4) is 6.07 Å². The van der Waals surface area contributed by atoms with Crippen molar-refractivity contribution in [1.29, 1.82) is 5.26 Å². The summed E-state index contributed by atoms with van der Waals surface area (Å²) in [4.78, 5) is 2.05. The maximum Gasteiger partial charge on any atom is 0.147 e. The number of hydrogen-bond acceptors (Lipinski definition) is 2. The van der Waals surface area contributed by atoms with Gasteiger partial charge in [-0.05, 0) is 37.5 Å². The lowest BCUT2D eigenvalue weighted by molar-refractivity contribution is 0.622. The Morgan fingerprint density at radius 2 is 2.00 bits per heavy atom. The van der Waals surface area contributed by atoms with Crippen LogP contribution in [0.5, 0.6) is 0 Å². The molecule has 1 saturated heterocycles. The number of nitrogens with zero attached hydrogens (tertiary/aromatic N) is 2. The molecule has 2 nitrogen and oxygen atoms in total. The summed E-state index contributed by atoms with van der Waals surface area (Å²) >= 11 is 0. The van der Waals surface area contributed by atoms with Gasteiger partial charge < -0.3 is 4.90 Å². The summed E-state index contributed by atoms with van der Waals surface area (Å²) in [5.74, 6) is -0.279. The Labute approximate surface area is 88.9 Å². The van der Waals surface area contributed by atoms with Gasteiger partial charge in [0.05, 0.1) is 17.3 Å². The molecule has 0 aromatic heterocycles. The minimum Gasteiger partial charge on any atom is -0.369 e. The van der Waals surface area contributed by atoms with E-state index in [1.54, 1.807) is 6.07 Å². The highest BCUT2D eigenvalue weighted by Gasteiger charge is 2.17. The first-order valence-electron chi connectivity index (χ1n) is 5.17. The molecule has 1 aromatic carbocycles. The second-order valence-corrected chi connectivity index (χ2v) is 3.92. The molecule has 15 heavy (non-hydrogen) atoms. The Kier molecular flexibility index (Phi) is 2.59. The van der Waals surface area contributed by atoms with Gasteiger partial charge >= 0.3 is 0 Å². The fourth-order valence-corrected chi connectivity index (χ4v) is 1.99. The molecule has 2 rings (SSSR count). The molecule has 0 amide bonds. The number of aryl methyl sites for hydroxylation is 1. The lowest BCUT2D eigenvalue weighted by Crippen LogP contribution is -2.19. The van der Waals surface area contributed by atoms with Gasteiger partial charge in [0.15, 0.2) is 0 Å². The van der Waals surface area contributed by atoms with E-state index in [0.29, 0.717) is 11.3 Å². The van der Waals surface area contributed by atoms with Crippen LogP contribution in [0, 0.1) is 24.1 Å². The average Bonchev–Trinajstić information content (AvgIpc) is 2.74. The first kappa shape index (κ1) is 9.97. The average molecular weight is 204 g/mol. The molecule has 0 unspecified atom stereocenters. The monoisotopic (exact) mass is 204 g/mol. The van der Waals surface area contributed by atoms with E-state index in [-0.39, 0.29) is 5.82 Å². The predicted molar refractivity (Wildman–Crippen MR) is 57.3 cm³/mol. The lowest BCUT2D eigenvalue weighted by Gasteiger charge is -2.19. The third-order valence-corrected chi connectivity index (χ3v) is 2.86. The molecule has 0 bridgehead atoms. The fraction of sp³-hybridized carbons (Fsp3) is 0.417. The van der Waals surface area contributed by atoms with Crippen molar-refractivity contribution in [2.75, 3.05) is 18.0 Å². The van der Waals surface area contributed by atoms with Gasteiger partial charge in [-0.2, -0.15) is 5.26 Å². The molecule has 0 radical (unpaired) electrons. The molecule has 78 valence electrons. The van der Waals surface area contributed by atoms with Crippen LogP contribution in [0.15, 0.2) is 12.1 Å². The topological polar surface area (TPSA) is 27.0 Å². The third kappa shape index (κ3) is 1.80. The zero-order valence-electron chi connectivity index (χ0n) is 8.76. The van der Waals surface area contributed by atoms with E-state index in [4.69, 9.17) is 5.26 Å². The Bertz CT molecular complexity index is 414. The Balaban J connectivity index is 2.40. The van der Waals surface area contributed by atoms with Crippen LogP contribution >= 0.6 is 0 Å². The smallest absolute Gasteiger partial charge is 0.147 e. The molecular formula is C12H13FN2. The summed E-state index contributed by atoms with van der Waals surface area (Å²) < 4.78 is 13.7. The highest BCUT2D eigenvalue weighted by molar-refractivity contribution is 5.55. The van der Waals surface area contributed by atoms with E-state index in [2.05, 4.69) is 0 Å². The van der Waals surface area contributed by atoms with Crippen molar-refractivity contribution in [1.82, 2.24) is 0 Å². The molecule has 1 aliphatic rings. The van der Waals surface area contributed by atoms with Crippen LogP contribution in [0.2, 0.25) is 0 Å². The molecule has 0 saturated carbocycles. The highest BCUT2D eigenvalue weighted by atomic mass is 19.1. The third-order valence-electron chi connectivity index (χ3n) is 2.86. The molecule has 0 aliphatic carbocycles. The van der Waals surface area contributed by atoms with Gasteiger partial charge in [0.25, 0.3) is 0 Å². The Morgan fingerprint density at radius 1 is 1.33 bits per heavy atom. The second kappa shape index (κ2) is 3.90. The second-order valence-electron chi connectivity index (χ2n) is 3.92. The van der Waals surface area contributed by atoms with Gasteiger partial charge in [-0.3, -0.25) is 0 Å². The van der Waals surface area contributed by atoms with Crippen molar-refractivity contribution in [2.24, 2.45) is 0 Å². The molecule has 3 heteroatoms. The fourth-order valence-electron chi connectivity index (χ4n) is 1.99. The maximum atomic E-state index is 13.7. The van der Waals surface area contributed by atoms with Crippen molar-refractivity contribution in [2.45, 2.75) is 19.8 Å². The Morgan fingerprint density at radius 3 is 2.60 bits per heavy atom. The first-order valence-corrected chi connectivity index (χ1v) is 5.17. The number of halogens is 1. The Hall–Kier alpha value is -1.56. The van der Waals surface area contributed by atoms with Crippen LogP contribution in [0.3, 0.4) is 0 Å². The van der Waals surface area contributed by atoms with Crippen LogP contribution in [-0.4, -0.2) is 13.1 Å². The molecule has 0 N–H and O–H groups in total. The van der Waals surface area contributed by atoms with Gasteiger partial charge in [0.2, 0.25) is 0 Å². The number of rotatable bonds is 1. The zero-order valence-corrected chi connectivity index (χ0v) is 8.76. The molecule has 1 aromatic rings. The summed E-state index contributed by atoms with van der Waals surface area (Å²) in [5.41, 5.74) is 1.92. The molecule has 0 spiro atoms. The first-order chi connectivity index (χ1) is 7.22. The summed E-state index contributed by atoms with van der Waals surface area (Å²) in [6.45, 7) is 3.68. The summed E-state index contributed by atoms with van der Waals surface area (Å²) in [6, 6.07) is 5.11. The van der Waals surface area contributed by atoms with Crippen LogP contribution in [0.25, 0.3) is 0 Å². The van der Waals surface area contributed by atoms with Crippen LogP contribution in [0.4, 0.5) is 10.1 Å². The SMILES string of the molecule is Cc1cc(N2CCCC2)c(F)cc1C#N. The molecular weight excluding hydrogens is 191 g/mol. The van der Waals surface area contributed by atoms with Crippen molar-refractivity contribution >= 4 is 5.69 Å². The van der Waals surface area contributed by atoms with E-state index in [0.717, 1.165) is 31.5 Å². The highest BCUT2D eigenvalue weighted by Crippen LogP contribution is 2.26. The van der Waals surface area contributed by atoms with Crippen LogP contribution in [0.1, 0.15) is 24.0 Å². The minimum atomic E-state index is -0.279. The zero-order chi connectivity index (χ0) is 10.8. The number of hydrogen-bond donors (Lipinski definition) is 0. The lowest BCUT2D eigenvalue weighted by atomic mass is 10.1. The number of anilines is 1. The van der Waals surface area contributed by atoms with Gasteiger partial charge in [-0.25, -0.2) is 4.39 Å². The summed E-state index contributed by atoms with van der Waals surface area (Å²) in [5, 5.41) is 8.77. The van der Waals surface area contributed by atoms with Crippen molar-refractivity contribution < 1.29 is 4.39 Å².